The van der Waals surface area contributed by atoms with Crippen LogP contribution in [0.3, 0.4) is 0 Å². The quantitative estimate of drug-likeness (QED) is 0.445. The van der Waals surface area contributed by atoms with E-state index in [1.54, 1.807) is 57.4 Å². The van der Waals surface area contributed by atoms with E-state index in [4.69, 9.17) is 25.8 Å². The highest BCUT2D eigenvalue weighted by Crippen LogP contribution is 2.49. The summed E-state index contributed by atoms with van der Waals surface area (Å²) in [5.74, 6) is 1.07. The lowest BCUT2D eigenvalue weighted by Crippen LogP contribution is -2.38. The van der Waals surface area contributed by atoms with Crippen molar-refractivity contribution in [2.75, 3.05) is 38.1 Å². The van der Waals surface area contributed by atoms with Gasteiger partial charge in [0.05, 0.1) is 27.0 Å². The highest BCUT2D eigenvalue weighted by Gasteiger charge is 2.31. The van der Waals surface area contributed by atoms with Crippen molar-refractivity contribution in [3.05, 3.63) is 71.2 Å². The molecule has 9 heteroatoms. The smallest absolute Gasteiger partial charge is 0.244 e. The normalized spacial score (nSPS) is 15.1. The van der Waals surface area contributed by atoms with Gasteiger partial charge in [-0.1, -0.05) is 23.7 Å². The molecule has 0 aliphatic carbocycles. The zero-order valence-corrected chi connectivity index (χ0v) is 21.1. The average molecular weight is 513 g/mol. The molecule has 0 radical (unpaired) electrons. The maximum atomic E-state index is 13.5. The van der Waals surface area contributed by atoms with Gasteiger partial charge in [0.25, 0.3) is 0 Å². The van der Waals surface area contributed by atoms with E-state index in [0.717, 1.165) is 10.5 Å². The molecule has 7 nitrogen and oxygen atoms in total. The van der Waals surface area contributed by atoms with Crippen molar-refractivity contribution in [2.45, 2.75) is 16.6 Å². The molecular formula is C26H25ClN2O5S. The van der Waals surface area contributed by atoms with Crippen LogP contribution in [-0.2, 0) is 9.59 Å². The average Bonchev–Trinajstić information content (AvgIpc) is 3.00. The number of thioether (sulfide) groups is 1. The van der Waals surface area contributed by atoms with Crippen LogP contribution in [0.15, 0.2) is 65.6 Å². The predicted molar refractivity (Wildman–Crippen MR) is 138 cm³/mol. The zero-order valence-electron chi connectivity index (χ0n) is 19.5. The van der Waals surface area contributed by atoms with E-state index < -0.39 is 0 Å². The molecule has 182 valence electrons. The summed E-state index contributed by atoms with van der Waals surface area (Å²) in [5.41, 5.74) is 2.17. The van der Waals surface area contributed by atoms with Crippen LogP contribution in [0.1, 0.15) is 17.2 Å². The molecule has 0 aromatic heterocycles. The van der Waals surface area contributed by atoms with Crippen LogP contribution >= 0.6 is 23.4 Å². The number of rotatable bonds is 7. The number of benzene rings is 3. The van der Waals surface area contributed by atoms with Gasteiger partial charge in [-0.2, -0.15) is 0 Å². The second-order valence-corrected chi connectivity index (χ2v) is 9.45. The number of halogens is 1. The lowest BCUT2D eigenvalue weighted by atomic mass is 10.1. The number of fused-ring (bicyclic) bond motifs is 1. The predicted octanol–water partition coefficient (Wildman–Crippen LogP) is 5.57. The number of hydrogen-bond acceptors (Lipinski definition) is 6. The summed E-state index contributed by atoms with van der Waals surface area (Å²) in [4.78, 5) is 28.7. The van der Waals surface area contributed by atoms with Gasteiger partial charge in [-0.3, -0.25) is 9.59 Å². The van der Waals surface area contributed by atoms with Crippen LogP contribution in [0, 0.1) is 0 Å². The highest BCUT2D eigenvalue weighted by atomic mass is 35.5. The van der Waals surface area contributed by atoms with Gasteiger partial charge >= 0.3 is 0 Å². The number of ether oxygens (including phenoxy) is 3. The maximum Gasteiger partial charge on any atom is 0.244 e. The van der Waals surface area contributed by atoms with E-state index in [-0.39, 0.29) is 30.0 Å². The molecule has 0 saturated carbocycles. The van der Waals surface area contributed by atoms with E-state index in [1.165, 1.54) is 4.90 Å². The zero-order chi connectivity index (χ0) is 24.9. The molecule has 0 saturated heterocycles. The Balaban J connectivity index is 1.63. The Morgan fingerprint density at radius 2 is 1.69 bits per heavy atom. The molecule has 1 N–H and O–H groups in total. The Morgan fingerprint density at radius 3 is 2.31 bits per heavy atom. The monoisotopic (exact) mass is 512 g/mol. The number of para-hydroxylation sites is 1. The Bertz CT molecular complexity index is 1210. The number of carbonyl (C=O) groups excluding carboxylic acids is 2. The van der Waals surface area contributed by atoms with E-state index in [2.05, 4.69) is 5.32 Å². The molecule has 1 atom stereocenters. The van der Waals surface area contributed by atoms with E-state index in [1.807, 2.05) is 36.4 Å². The van der Waals surface area contributed by atoms with Gasteiger partial charge in [0.15, 0.2) is 11.5 Å². The van der Waals surface area contributed by atoms with Gasteiger partial charge in [-0.15, -0.1) is 11.8 Å². The Labute approximate surface area is 213 Å². The molecule has 4 rings (SSSR count). The molecule has 1 aliphatic heterocycles. The van der Waals surface area contributed by atoms with Gasteiger partial charge in [0.2, 0.25) is 17.6 Å². The molecule has 2 amide bonds. The van der Waals surface area contributed by atoms with Crippen molar-refractivity contribution in [3.63, 3.8) is 0 Å². The number of carbonyl (C=O) groups is 2. The first-order chi connectivity index (χ1) is 16.9. The van der Waals surface area contributed by atoms with Gasteiger partial charge in [0, 0.05) is 27.3 Å². The van der Waals surface area contributed by atoms with Crippen molar-refractivity contribution in [2.24, 2.45) is 0 Å². The summed E-state index contributed by atoms with van der Waals surface area (Å²) in [6.45, 7) is -0.110. The van der Waals surface area contributed by atoms with Crippen molar-refractivity contribution in [1.82, 2.24) is 0 Å². The summed E-state index contributed by atoms with van der Waals surface area (Å²) < 4.78 is 16.4. The van der Waals surface area contributed by atoms with Crippen molar-refractivity contribution in [3.8, 4) is 17.2 Å². The van der Waals surface area contributed by atoms with Crippen LogP contribution in [-0.4, -0.2) is 39.7 Å². The van der Waals surface area contributed by atoms with Crippen molar-refractivity contribution in [1.29, 1.82) is 0 Å². The largest absolute Gasteiger partial charge is 0.493 e. The third kappa shape index (κ3) is 5.49. The molecular weight excluding hydrogens is 488 g/mol. The number of nitrogens with zero attached hydrogens (tertiary/aromatic N) is 1. The lowest BCUT2D eigenvalue weighted by molar-refractivity contribution is -0.121. The third-order valence-electron chi connectivity index (χ3n) is 5.57. The Morgan fingerprint density at radius 1 is 1.03 bits per heavy atom. The van der Waals surface area contributed by atoms with Crippen LogP contribution in [0.5, 0.6) is 17.2 Å². The molecule has 35 heavy (non-hydrogen) atoms. The topological polar surface area (TPSA) is 77.1 Å². The second kappa shape index (κ2) is 10.9. The van der Waals surface area contributed by atoms with E-state index in [0.29, 0.717) is 33.6 Å². The van der Waals surface area contributed by atoms with E-state index >= 15 is 0 Å². The van der Waals surface area contributed by atoms with Crippen LogP contribution in [0.2, 0.25) is 5.02 Å². The molecule has 3 aromatic rings. The highest BCUT2D eigenvalue weighted by molar-refractivity contribution is 7.99. The first kappa shape index (κ1) is 24.8. The SMILES string of the molecule is COc1cc(C2CC(=O)N(CC(=O)Nc3ccc(Cl)cc3)c3ccccc3S2)cc(OC)c1OC. The molecule has 1 unspecified atom stereocenters. The minimum absolute atomic E-state index is 0.110. The number of anilines is 2. The molecule has 3 aromatic carbocycles. The lowest BCUT2D eigenvalue weighted by Gasteiger charge is -2.22. The standard InChI is InChI=1S/C26H25ClN2O5S/c1-32-20-12-16(13-21(33-2)26(20)34-3)23-14-25(31)29(19-6-4-5-7-22(19)35-23)15-24(30)28-18-10-8-17(27)9-11-18/h4-13,23H,14-15H2,1-3H3,(H,28,30). The van der Waals surface area contributed by atoms with E-state index in [9.17, 15) is 9.59 Å². The van der Waals surface area contributed by atoms with Gasteiger partial charge in [-0.25, -0.2) is 0 Å². The summed E-state index contributed by atoms with van der Waals surface area (Å²) >= 11 is 7.49. The van der Waals surface area contributed by atoms with Crippen LogP contribution in [0.4, 0.5) is 11.4 Å². The maximum absolute atomic E-state index is 13.5. The number of amides is 2. The number of methoxy groups -OCH3 is 3. The van der Waals surface area contributed by atoms with Crippen molar-refractivity contribution < 1.29 is 23.8 Å². The number of hydrogen-bond donors (Lipinski definition) is 1. The molecule has 0 spiro atoms. The van der Waals surface area contributed by atoms with Crippen LogP contribution < -0.4 is 24.4 Å². The molecule has 1 heterocycles. The summed E-state index contributed by atoms with van der Waals surface area (Å²) in [6.07, 6.45) is 0.187. The molecule has 0 bridgehead atoms. The first-order valence-electron chi connectivity index (χ1n) is 10.8. The fourth-order valence-electron chi connectivity index (χ4n) is 3.90. The number of nitrogens with one attached hydrogen (secondary N) is 1. The van der Waals surface area contributed by atoms with Gasteiger partial charge < -0.3 is 24.4 Å². The fourth-order valence-corrected chi connectivity index (χ4v) is 5.29. The summed E-state index contributed by atoms with van der Waals surface area (Å²) in [5, 5.41) is 3.19. The third-order valence-corrected chi connectivity index (χ3v) is 7.15. The second-order valence-electron chi connectivity index (χ2n) is 7.77. The van der Waals surface area contributed by atoms with Gasteiger partial charge in [-0.05, 0) is 54.1 Å². The molecule has 1 aliphatic rings. The van der Waals surface area contributed by atoms with Crippen LogP contribution in [0.25, 0.3) is 0 Å². The summed E-state index contributed by atoms with van der Waals surface area (Å²) in [6, 6.07) is 18.1. The van der Waals surface area contributed by atoms with Gasteiger partial charge in [0.1, 0.15) is 6.54 Å². The van der Waals surface area contributed by atoms with Crippen molar-refractivity contribution >= 4 is 46.6 Å². The summed E-state index contributed by atoms with van der Waals surface area (Å²) in [7, 11) is 4.67. The minimum atomic E-state index is -0.299. The first-order valence-corrected chi connectivity index (χ1v) is 12.1. The Kier molecular flexibility index (Phi) is 7.73. The fraction of sp³-hybridized carbons (Fsp3) is 0.231. The molecule has 0 fully saturated rings. The minimum Gasteiger partial charge on any atom is -0.493 e. The Hall–Kier alpha value is -3.36.